The smallest absolute Gasteiger partial charge is 0.423 e. The second kappa shape index (κ2) is 21.2. The summed E-state index contributed by atoms with van der Waals surface area (Å²) in [6.07, 6.45) is 12.0. The highest BCUT2D eigenvalue weighted by atomic mass is 32.1. The number of thiol groups is 1. The summed E-state index contributed by atoms with van der Waals surface area (Å²) in [4.78, 5) is 16.1. The third-order valence-corrected chi connectivity index (χ3v) is 5.41. The molecule has 0 saturated heterocycles. The van der Waals surface area contributed by atoms with E-state index < -0.39 is 7.12 Å². The SMILES string of the molecule is O=C(CCCCCCCCCCS)NCCOCCOCC/N=C/c1ccc(B(O)O)cc1. The Morgan fingerprint density at radius 2 is 1.52 bits per heavy atom. The van der Waals surface area contributed by atoms with E-state index in [1.165, 1.54) is 38.5 Å². The average molecular weight is 480 g/mol. The van der Waals surface area contributed by atoms with Crippen molar-refractivity contribution in [1.82, 2.24) is 5.32 Å². The van der Waals surface area contributed by atoms with Crippen LogP contribution in [0, 0.1) is 0 Å². The minimum absolute atomic E-state index is 0.101. The van der Waals surface area contributed by atoms with E-state index in [4.69, 9.17) is 19.5 Å². The molecule has 0 heterocycles. The minimum Gasteiger partial charge on any atom is -0.423 e. The first-order valence-corrected chi connectivity index (χ1v) is 12.8. The molecule has 1 aromatic carbocycles. The van der Waals surface area contributed by atoms with Crippen LogP contribution in [-0.4, -0.2) is 74.6 Å². The minimum atomic E-state index is -1.45. The van der Waals surface area contributed by atoms with E-state index in [1.54, 1.807) is 30.5 Å². The fourth-order valence-corrected chi connectivity index (χ4v) is 3.40. The molecule has 33 heavy (non-hydrogen) atoms. The van der Waals surface area contributed by atoms with E-state index in [-0.39, 0.29) is 5.91 Å². The molecule has 1 rings (SSSR count). The number of ether oxygens (including phenoxy) is 2. The van der Waals surface area contributed by atoms with Crippen LogP contribution >= 0.6 is 12.6 Å². The molecule has 0 aliphatic rings. The van der Waals surface area contributed by atoms with E-state index in [1.807, 2.05) is 0 Å². The number of rotatable bonds is 21. The zero-order valence-electron chi connectivity index (χ0n) is 19.8. The molecular formula is C24H41BN2O5S. The molecule has 3 N–H and O–H groups in total. The molecule has 1 aromatic rings. The van der Waals surface area contributed by atoms with Gasteiger partial charge in [0.2, 0.25) is 5.91 Å². The van der Waals surface area contributed by atoms with E-state index in [0.29, 0.717) is 51.4 Å². The van der Waals surface area contributed by atoms with Crippen LogP contribution in [0.25, 0.3) is 0 Å². The summed E-state index contributed by atoms with van der Waals surface area (Å²) in [6.45, 7) is 3.02. The van der Waals surface area contributed by atoms with Gasteiger partial charge in [0.1, 0.15) is 0 Å². The molecule has 0 aliphatic carbocycles. The molecule has 0 fully saturated rings. The van der Waals surface area contributed by atoms with Gasteiger partial charge in [-0.05, 0) is 29.6 Å². The summed E-state index contributed by atoms with van der Waals surface area (Å²) in [5, 5.41) is 21.0. The molecule has 0 atom stereocenters. The van der Waals surface area contributed by atoms with Crippen LogP contribution in [0.2, 0.25) is 0 Å². The van der Waals surface area contributed by atoms with Crippen molar-refractivity contribution in [2.75, 3.05) is 45.3 Å². The fourth-order valence-electron chi connectivity index (χ4n) is 3.17. The highest BCUT2D eigenvalue weighted by Crippen LogP contribution is 2.09. The molecule has 0 radical (unpaired) electrons. The lowest BCUT2D eigenvalue weighted by molar-refractivity contribution is -0.121. The first kappa shape index (κ1) is 29.6. The van der Waals surface area contributed by atoms with Crippen molar-refractivity contribution in [2.45, 2.75) is 57.8 Å². The van der Waals surface area contributed by atoms with Crippen molar-refractivity contribution in [3.8, 4) is 0 Å². The number of nitrogens with zero attached hydrogens (tertiary/aromatic N) is 1. The summed E-state index contributed by atoms with van der Waals surface area (Å²) in [7, 11) is -1.45. The van der Waals surface area contributed by atoms with Crippen molar-refractivity contribution in [3.05, 3.63) is 29.8 Å². The highest BCUT2D eigenvalue weighted by molar-refractivity contribution is 7.80. The molecule has 7 nitrogen and oxygen atoms in total. The summed E-state index contributed by atoms with van der Waals surface area (Å²) < 4.78 is 10.9. The topological polar surface area (TPSA) is 100 Å². The van der Waals surface area contributed by atoms with E-state index >= 15 is 0 Å². The molecule has 0 aliphatic heterocycles. The van der Waals surface area contributed by atoms with Gasteiger partial charge < -0.3 is 24.8 Å². The predicted octanol–water partition coefficient (Wildman–Crippen LogP) is 2.38. The first-order valence-electron chi connectivity index (χ1n) is 12.1. The van der Waals surface area contributed by atoms with Crippen molar-refractivity contribution in [2.24, 2.45) is 4.99 Å². The molecular weight excluding hydrogens is 439 g/mol. The van der Waals surface area contributed by atoms with E-state index in [0.717, 1.165) is 24.2 Å². The van der Waals surface area contributed by atoms with Gasteiger partial charge in [0.05, 0.1) is 33.0 Å². The van der Waals surface area contributed by atoms with Gasteiger partial charge in [-0.2, -0.15) is 12.6 Å². The number of unbranched alkanes of at least 4 members (excludes halogenated alkanes) is 7. The first-order chi connectivity index (χ1) is 16.1. The number of hydrogen-bond donors (Lipinski definition) is 4. The van der Waals surface area contributed by atoms with Crippen molar-refractivity contribution in [3.63, 3.8) is 0 Å². The second-order valence-corrected chi connectivity index (χ2v) is 8.40. The standard InChI is InChI=1S/C24H41BN2O5S/c28-24(9-7-5-3-1-2-4-6-8-20-33)27-15-17-32-19-18-31-16-14-26-21-22-10-12-23(13-11-22)25(29)30/h10-13,21,29-30,33H,1-9,14-20H2,(H,27,28)/b26-21+. The van der Waals surface area contributed by atoms with Crippen LogP contribution in [0.15, 0.2) is 29.3 Å². The van der Waals surface area contributed by atoms with Gasteiger partial charge in [-0.15, -0.1) is 0 Å². The zero-order chi connectivity index (χ0) is 24.0. The van der Waals surface area contributed by atoms with Crippen molar-refractivity contribution >= 4 is 37.3 Å². The van der Waals surface area contributed by atoms with Crippen molar-refractivity contribution in [1.29, 1.82) is 0 Å². The van der Waals surface area contributed by atoms with Gasteiger partial charge in [-0.3, -0.25) is 9.79 Å². The second-order valence-electron chi connectivity index (χ2n) is 7.95. The molecule has 0 aromatic heterocycles. The number of carbonyl (C=O) groups is 1. The fraction of sp³-hybridized carbons (Fsp3) is 0.667. The molecule has 186 valence electrons. The van der Waals surface area contributed by atoms with Crippen LogP contribution in [0.5, 0.6) is 0 Å². The third-order valence-electron chi connectivity index (χ3n) is 5.09. The van der Waals surface area contributed by atoms with E-state index in [2.05, 4.69) is 22.9 Å². The summed E-state index contributed by atoms with van der Waals surface area (Å²) in [5.74, 6) is 1.09. The Balaban J connectivity index is 1.84. The van der Waals surface area contributed by atoms with Crippen molar-refractivity contribution < 1.29 is 24.3 Å². The number of benzene rings is 1. The van der Waals surface area contributed by atoms with Gasteiger partial charge in [0.15, 0.2) is 0 Å². The lowest BCUT2D eigenvalue weighted by atomic mass is 9.80. The number of amides is 1. The lowest BCUT2D eigenvalue weighted by Gasteiger charge is -2.07. The Morgan fingerprint density at radius 1 is 0.909 bits per heavy atom. The Morgan fingerprint density at radius 3 is 2.15 bits per heavy atom. The van der Waals surface area contributed by atoms with Crippen LogP contribution in [-0.2, 0) is 14.3 Å². The number of hydrogen-bond acceptors (Lipinski definition) is 7. The molecule has 0 saturated carbocycles. The molecule has 0 spiro atoms. The normalized spacial score (nSPS) is 11.2. The van der Waals surface area contributed by atoms with Crippen LogP contribution in [0.3, 0.4) is 0 Å². The maximum absolute atomic E-state index is 11.8. The van der Waals surface area contributed by atoms with Gasteiger partial charge in [0, 0.05) is 19.2 Å². The predicted molar refractivity (Wildman–Crippen MR) is 139 cm³/mol. The van der Waals surface area contributed by atoms with Crippen LogP contribution in [0.1, 0.15) is 63.4 Å². The Bertz CT molecular complexity index is 632. The van der Waals surface area contributed by atoms with Crippen LogP contribution in [0.4, 0.5) is 0 Å². The van der Waals surface area contributed by atoms with Gasteiger partial charge in [-0.25, -0.2) is 0 Å². The molecule has 9 heteroatoms. The van der Waals surface area contributed by atoms with E-state index in [9.17, 15) is 4.79 Å². The molecule has 0 unspecified atom stereocenters. The summed E-state index contributed by atoms with van der Waals surface area (Å²) in [6, 6.07) is 6.86. The molecule has 1 amide bonds. The Labute approximate surface area is 204 Å². The maximum Gasteiger partial charge on any atom is 0.488 e. The van der Waals surface area contributed by atoms with Gasteiger partial charge in [0.25, 0.3) is 0 Å². The number of aliphatic imine (C=N–C) groups is 1. The van der Waals surface area contributed by atoms with Gasteiger partial charge >= 0.3 is 7.12 Å². The Kier molecular flexibility index (Phi) is 19.0. The monoisotopic (exact) mass is 480 g/mol. The quantitative estimate of drug-likeness (QED) is 0.0937. The lowest BCUT2D eigenvalue weighted by Crippen LogP contribution is -2.29. The molecule has 0 bridgehead atoms. The maximum atomic E-state index is 11.8. The summed E-state index contributed by atoms with van der Waals surface area (Å²) >= 11 is 4.22. The van der Waals surface area contributed by atoms with Gasteiger partial charge in [-0.1, -0.05) is 62.8 Å². The van der Waals surface area contributed by atoms with Crippen LogP contribution < -0.4 is 10.8 Å². The zero-order valence-corrected chi connectivity index (χ0v) is 20.7. The third kappa shape index (κ3) is 17.7. The average Bonchev–Trinajstić information content (AvgIpc) is 2.81. The summed E-state index contributed by atoms with van der Waals surface area (Å²) in [5.41, 5.74) is 1.34. The number of carbonyl (C=O) groups excluding carboxylic acids is 1. The largest absolute Gasteiger partial charge is 0.488 e. The Hall–Kier alpha value is -1.39. The highest BCUT2D eigenvalue weighted by Gasteiger charge is 2.09. The number of nitrogens with one attached hydrogen (secondary N) is 1.